The van der Waals surface area contributed by atoms with Gasteiger partial charge in [-0.3, -0.25) is 28.2 Å². The van der Waals surface area contributed by atoms with Gasteiger partial charge in [0, 0.05) is 28.4 Å². The molecule has 0 atom stereocenters. The summed E-state index contributed by atoms with van der Waals surface area (Å²) in [5.74, 6) is -3.32. The van der Waals surface area contributed by atoms with Gasteiger partial charge in [0.15, 0.2) is 6.79 Å². The van der Waals surface area contributed by atoms with E-state index >= 15 is 0 Å². The Hall–Kier alpha value is -2.02. The molecule has 0 unspecified atom stereocenters. The number of carboxylic acid groups (broad SMARTS) is 4. The number of phosphoric ester groups is 1. The van der Waals surface area contributed by atoms with Gasteiger partial charge < -0.3 is 49.2 Å². The van der Waals surface area contributed by atoms with Gasteiger partial charge in [-0.05, 0) is 55.4 Å². The first kappa shape index (κ1) is 50.8. The highest BCUT2D eigenvalue weighted by Crippen LogP contribution is 2.65. The largest absolute Gasteiger partial charge is 0.488 e. The molecule has 0 amide bonds. The minimum Gasteiger partial charge on any atom is -0.481 e. The van der Waals surface area contributed by atoms with Gasteiger partial charge in [0.25, 0.3) is 0 Å². The van der Waals surface area contributed by atoms with Crippen LogP contribution in [0.5, 0.6) is 0 Å². The van der Waals surface area contributed by atoms with Crippen LogP contribution in [0, 0.1) is 21.7 Å². The molecule has 0 aromatic carbocycles. The van der Waals surface area contributed by atoms with E-state index in [1.165, 1.54) is 28.4 Å². The van der Waals surface area contributed by atoms with E-state index < -0.39 is 61.2 Å². The molecule has 1 saturated heterocycles. The van der Waals surface area contributed by atoms with Gasteiger partial charge in [0.2, 0.25) is 0 Å². The summed E-state index contributed by atoms with van der Waals surface area (Å²) in [4.78, 5) is 57.5. The van der Waals surface area contributed by atoms with Gasteiger partial charge in [0.05, 0.1) is 48.1 Å². The smallest absolute Gasteiger partial charge is 0.481 e. The first-order valence-electron chi connectivity index (χ1n) is 13.0. The van der Waals surface area contributed by atoms with Crippen LogP contribution >= 0.6 is 15.6 Å². The van der Waals surface area contributed by atoms with Crippen molar-refractivity contribution in [1.29, 1.82) is 0 Å². The molecule has 0 bridgehead atoms. The Balaban J connectivity index is -0.000000240. The third kappa shape index (κ3) is 26.1. The molecule has 0 aromatic heterocycles. The molecule has 276 valence electrons. The second-order valence-corrected chi connectivity index (χ2v) is 14.9. The summed E-state index contributed by atoms with van der Waals surface area (Å²) in [5, 5.41) is 34.0. The maximum Gasteiger partial charge on any atom is 0.488 e. The van der Waals surface area contributed by atoms with Crippen LogP contribution in [0.2, 0.25) is 0 Å². The fraction of sp³-hybridized carbons (Fsp3) is 0.840. The van der Waals surface area contributed by atoms with E-state index in [2.05, 4.69) is 32.3 Å². The number of methoxy groups -OCH3 is 4. The van der Waals surface area contributed by atoms with E-state index in [1.54, 1.807) is 55.4 Å². The van der Waals surface area contributed by atoms with E-state index in [-0.39, 0.29) is 33.2 Å². The molecule has 1 heterocycles. The second kappa shape index (κ2) is 22.5. The zero-order chi connectivity index (χ0) is 37.8. The van der Waals surface area contributed by atoms with Crippen molar-refractivity contribution in [3.8, 4) is 0 Å². The van der Waals surface area contributed by atoms with Crippen LogP contribution in [0.25, 0.3) is 0 Å². The highest BCUT2D eigenvalue weighted by molar-refractivity contribution is 7.61. The third-order valence-electron chi connectivity index (χ3n) is 4.96. The van der Waals surface area contributed by atoms with Crippen molar-refractivity contribution in [3.63, 3.8) is 0 Å². The summed E-state index contributed by atoms with van der Waals surface area (Å²) >= 11 is 0. The Bertz CT molecular complexity index is 897. The molecule has 1 fully saturated rings. The van der Waals surface area contributed by atoms with E-state index in [1.807, 2.05) is 0 Å². The van der Waals surface area contributed by atoms with Crippen LogP contribution in [-0.4, -0.2) is 116 Å². The van der Waals surface area contributed by atoms with Crippen LogP contribution in [-0.2, 0) is 60.6 Å². The first-order valence-corrected chi connectivity index (χ1v) is 16.0. The highest BCUT2D eigenvalue weighted by Gasteiger charge is 2.42. The SMILES string of the molecule is COCC(C)(C)C(=O)O.COCC(C)(C)C(=O)O.COCC(C)(C)C(=O)O.COCC(C)(C)C(=O)O.O=P(O)(O)OP1(=O)OCO1. The lowest BCUT2D eigenvalue weighted by Crippen LogP contribution is -2.28. The Kier molecular flexibility index (Phi) is 24.9. The molecule has 0 aromatic rings. The standard InChI is InChI=1S/4C6H12O3.CH4O7P2/c4*1-6(2,4-9-3)5(7)8;2-9(3,4)8-10(5)6-1-7-10/h4*4H2,1-3H3,(H,7,8);1H2,(H2,2,3,4). The first-order chi connectivity index (χ1) is 20.4. The van der Waals surface area contributed by atoms with E-state index in [4.69, 9.17) is 30.2 Å². The maximum atomic E-state index is 10.5. The van der Waals surface area contributed by atoms with Gasteiger partial charge in [-0.1, -0.05) is 0 Å². The molecule has 1 aliphatic heterocycles. The van der Waals surface area contributed by atoms with Crippen LogP contribution in [0.1, 0.15) is 55.4 Å². The predicted molar refractivity (Wildman–Crippen MR) is 161 cm³/mol. The van der Waals surface area contributed by atoms with Crippen LogP contribution < -0.4 is 0 Å². The quantitative estimate of drug-likeness (QED) is 0.141. The Morgan fingerprint density at radius 2 is 0.783 bits per heavy atom. The second-order valence-electron chi connectivity index (χ2n) is 11.9. The highest BCUT2D eigenvalue weighted by atomic mass is 31.3. The lowest BCUT2D eigenvalue weighted by molar-refractivity contribution is -0.150. The van der Waals surface area contributed by atoms with Crippen molar-refractivity contribution < 1.29 is 90.8 Å². The third-order valence-corrected chi connectivity index (χ3v) is 7.46. The van der Waals surface area contributed by atoms with Gasteiger partial charge in [-0.2, -0.15) is 4.31 Å². The number of carboxylic acids is 4. The summed E-state index contributed by atoms with van der Waals surface area (Å²) in [7, 11) is -2.68. The number of ether oxygens (including phenoxy) is 4. The molecule has 21 heteroatoms. The van der Waals surface area contributed by atoms with Gasteiger partial charge >= 0.3 is 39.5 Å². The molecule has 19 nitrogen and oxygen atoms in total. The normalized spacial score (nSPS) is 14.1. The van der Waals surface area contributed by atoms with E-state index in [0.29, 0.717) is 0 Å². The lowest BCUT2D eigenvalue weighted by Gasteiger charge is -2.24. The van der Waals surface area contributed by atoms with Crippen molar-refractivity contribution >= 4 is 39.5 Å². The number of hydrogen-bond donors (Lipinski definition) is 6. The average Bonchev–Trinajstić information content (AvgIpc) is 2.83. The summed E-state index contributed by atoms with van der Waals surface area (Å²) in [5.41, 5.74) is -3.02. The monoisotopic (exact) mass is 718 g/mol. The minimum atomic E-state index is -4.77. The van der Waals surface area contributed by atoms with Crippen molar-refractivity contribution in [2.24, 2.45) is 21.7 Å². The number of carbonyl (C=O) groups is 4. The van der Waals surface area contributed by atoms with Crippen molar-refractivity contribution in [2.75, 3.05) is 61.7 Å². The Morgan fingerprint density at radius 3 is 0.826 bits per heavy atom. The van der Waals surface area contributed by atoms with Gasteiger partial charge in [-0.15, -0.1) is 0 Å². The molecule has 46 heavy (non-hydrogen) atoms. The zero-order valence-corrected chi connectivity index (χ0v) is 30.2. The average molecular weight is 719 g/mol. The topological polar surface area (TPSA) is 288 Å². The Morgan fingerprint density at radius 1 is 0.587 bits per heavy atom. The number of hydrogen-bond acceptors (Lipinski definition) is 13. The van der Waals surface area contributed by atoms with E-state index in [9.17, 15) is 28.3 Å². The van der Waals surface area contributed by atoms with Crippen molar-refractivity contribution in [1.82, 2.24) is 0 Å². The van der Waals surface area contributed by atoms with Crippen LogP contribution in [0.15, 0.2) is 0 Å². The fourth-order valence-electron chi connectivity index (χ4n) is 2.01. The molecular formula is C25H52O19P2. The summed E-state index contributed by atoms with van der Waals surface area (Å²) in [6.07, 6.45) is 0. The molecule has 6 N–H and O–H groups in total. The summed E-state index contributed by atoms with van der Waals surface area (Å²) in [6, 6.07) is 0. The predicted octanol–water partition coefficient (Wildman–Crippen LogP) is 3.18. The number of rotatable bonds is 14. The van der Waals surface area contributed by atoms with Crippen LogP contribution in [0.4, 0.5) is 0 Å². The van der Waals surface area contributed by atoms with Crippen LogP contribution in [0.3, 0.4) is 0 Å². The lowest BCUT2D eigenvalue weighted by atomic mass is 9.95. The van der Waals surface area contributed by atoms with Crippen molar-refractivity contribution in [2.45, 2.75) is 55.4 Å². The number of aliphatic carboxylic acids is 4. The maximum absolute atomic E-state index is 10.5. The van der Waals surface area contributed by atoms with Gasteiger partial charge in [0.1, 0.15) is 0 Å². The molecule has 1 rings (SSSR count). The van der Waals surface area contributed by atoms with E-state index in [0.717, 1.165) is 0 Å². The molecule has 1 aliphatic rings. The summed E-state index contributed by atoms with van der Waals surface area (Å²) in [6.45, 7) is 13.7. The molecule has 0 radical (unpaired) electrons. The zero-order valence-electron chi connectivity index (χ0n) is 28.4. The number of phosphoric acid groups is 2. The summed E-state index contributed by atoms with van der Waals surface area (Å²) < 4.78 is 51.1. The minimum absolute atomic E-state index is 0.252. The molecule has 0 aliphatic carbocycles. The van der Waals surface area contributed by atoms with Crippen molar-refractivity contribution in [3.05, 3.63) is 0 Å². The molecule has 0 saturated carbocycles. The van der Waals surface area contributed by atoms with Gasteiger partial charge in [-0.25, -0.2) is 9.13 Å². The molecular weight excluding hydrogens is 666 g/mol. The Labute approximate surface area is 269 Å². The molecule has 0 spiro atoms. The fourth-order valence-corrected chi connectivity index (χ4v) is 3.70.